The highest BCUT2D eigenvalue weighted by molar-refractivity contribution is 7.22. The first-order chi connectivity index (χ1) is 16.1. The van der Waals surface area contributed by atoms with E-state index in [-0.39, 0.29) is 16.9 Å². The van der Waals surface area contributed by atoms with Crippen molar-refractivity contribution in [2.24, 2.45) is 0 Å². The van der Waals surface area contributed by atoms with Crippen LogP contribution in [0.4, 0.5) is 5.13 Å². The lowest BCUT2D eigenvalue weighted by molar-refractivity contribution is 0.0376. The summed E-state index contributed by atoms with van der Waals surface area (Å²) in [5.41, 5.74) is 2.11. The van der Waals surface area contributed by atoms with Crippen LogP contribution in [0.15, 0.2) is 57.9 Å². The molecule has 0 saturated carbocycles. The van der Waals surface area contributed by atoms with Crippen molar-refractivity contribution in [3.63, 3.8) is 0 Å². The number of hydrogen-bond donors (Lipinski definition) is 0. The minimum atomic E-state index is -0.381. The van der Waals surface area contributed by atoms with Crippen LogP contribution in [0, 0.1) is 6.92 Å². The lowest BCUT2D eigenvalue weighted by atomic mass is 10.1. The highest BCUT2D eigenvalue weighted by atomic mass is 32.1. The van der Waals surface area contributed by atoms with Crippen LogP contribution in [-0.4, -0.2) is 55.2 Å². The summed E-state index contributed by atoms with van der Waals surface area (Å²) >= 11 is 1.47. The van der Waals surface area contributed by atoms with Crippen molar-refractivity contribution in [1.82, 2.24) is 9.88 Å². The average molecular weight is 464 g/mol. The van der Waals surface area contributed by atoms with E-state index in [0.29, 0.717) is 22.6 Å². The summed E-state index contributed by atoms with van der Waals surface area (Å²) in [6.45, 7) is 6.57. The van der Waals surface area contributed by atoms with Crippen LogP contribution in [0.25, 0.3) is 21.2 Å². The predicted octanol–water partition coefficient (Wildman–Crippen LogP) is 4.08. The Morgan fingerprint density at radius 2 is 1.97 bits per heavy atom. The molecule has 0 N–H and O–H groups in total. The Kier molecular flexibility index (Phi) is 6.22. The van der Waals surface area contributed by atoms with E-state index in [1.54, 1.807) is 29.2 Å². The normalized spacial score (nSPS) is 14.7. The number of aromatic nitrogens is 1. The summed E-state index contributed by atoms with van der Waals surface area (Å²) in [7, 11) is 0. The van der Waals surface area contributed by atoms with Gasteiger partial charge < -0.3 is 9.15 Å². The number of amides is 1. The zero-order valence-corrected chi connectivity index (χ0v) is 19.3. The molecule has 1 aliphatic rings. The van der Waals surface area contributed by atoms with Crippen LogP contribution < -0.4 is 10.3 Å². The Labute approximate surface area is 195 Å². The number of para-hydroxylation sites is 2. The van der Waals surface area contributed by atoms with E-state index in [9.17, 15) is 9.59 Å². The topological polar surface area (TPSA) is 75.9 Å². The number of benzene rings is 2. The summed E-state index contributed by atoms with van der Waals surface area (Å²) in [5, 5.41) is 0.996. The van der Waals surface area contributed by atoms with Gasteiger partial charge in [0.05, 0.1) is 28.8 Å². The summed E-state index contributed by atoms with van der Waals surface area (Å²) in [4.78, 5) is 35.5. The van der Waals surface area contributed by atoms with Crippen LogP contribution in [0.2, 0.25) is 0 Å². The molecule has 1 saturated heterocycles. The third-order valence-corrected chi connectivity index (χ3v) is 7.00. The van der Waals surface area contributed by atoms with Crippen LogP contribution in [0.3, 0.4) is 0 Å². The van der Waals surface area contributed by atoms with Gasteiger partial charge in [0.2, 0.25) is 5.43 Å². The summed E-state index contributed by atoms with van der Waals surface area (Å²) in [6, 6.07) is 13.0. The maximum absolute atomic E-state index is 13.7. The quantitative estimate of drug-likeness (QED) is 0.429. The zero-order chi connectivity index (χ0) is 22.8. The molecule has 7 nitrogen and oxygen atoms in total. The van der Waals surface area contributed by atoms with E-state index in [0.717, 1.165) is 55.0 Å². The minimum Gasteiger partial charge on any atom is -0.463 e. The third-order valence-electron chi connectivity index (χ3n) is 5.96. The molecule has 0 bridgehead atoms. The summed E-state index contributed by atoms with van der Waals surface area (Å²) in [5.74, 6) is -0.381. The molecule has 8 heteroatoms. The lowest BCUT2D eigenvalue weighted by Gasteiger charge is -2.27. The second-order valence-corrected chi connectivity index (χ2v) is 9.17. The van der Waals surface area contributed by atoms with Crippen molar-refractivity contribution < 1.29 is 13.9 Å². The van der Waals surface area contributed by atoms with Crippen molar-refractivity contribution in [2.75, 3.05) is 44.3 Å². The van der Waals surface area contributed by atoms with Gasteiger partial charge in [-0.05, 0) is 37.1 Å². The van der Waals surface area contributed by atoms with Crippen molar-refractivity contribution >= 4 is 43.6 Å². The standard InChI is InChI=1S/C25H25N3O4S/c1-17-6-4-9-21-22(17)26-25(33-21)28(11-5-10-27-12-14-31-15-13-27)24(30)19-16-32-20-8-3-2-7-18(20)23(19)29/h2-4,6-9,16H,5,10-15H2,1H3. The van der Waals surface area contributed by atoms with Gasteiger partial charge in [0.25, 0.3) is 5.91 Å². The largest absolute Gasteiger partial charge is 0.463 e. The number of anilines is 1. The molecule has 1 amide bonds. The predicted molar refractivity (Wildman–Crippen MR) is 130 cm³/mol. The minimum absolute atomic E-state index is 0.0241. The van der Waals surface area contributed by atoms with Crippen LogP contribution >= 0.6 is 11.3 Å². The average Bonchev–Trinajstić information content (AvgIpc) is 3.28. The number of carbonyl (C=O) groups is 1. The molecule has 0 aliphatic carbocycles. The van der Waals surface area contributed by atoms with E-state index >= 15 is 0 Å². The van der Waals surface area contributed by atoms with Crippen LogP contribution in [-0.2, 0) is 4.74 Å². The highest BCUT2D eigenvalue weighted by Gasteiger charge is 2.25. The molecule has 2 aromatic heterocycles. The smallest absolute Gasteiger partial charge is 0.267 e. The van der Waals surface area contributed by atoms with Gasteiger partial charge in [-0.1, -0.05) is 35.6 Å². The van der Waals surface area contributed by atoms with Gasteiger partial charge in [0.15, 0.2) is 5.13 Å². The van der Waals surface area contributed by atoms with Gasteiger partial charge in [-0.15, -0.1) is 0 Å². The maximum atomic E-state index is 13.7. The maximum Gasteiger partial charge on any atom is 0.267 e. The number of morpholine rings is 1. The summed E-state index contributed by atoms with van der Waals surface area (Å²) < 4.78 is 12.1. The van der Waals surface area contributed by atoms with Gasteiger partial charge in [-0.3, -0.25) is 19.4 Å². The van der Waals surface area contributed by atoms with Gasteiger partial charge in [-0.25, -0.2) is 4.98 Å². The molecular formula is C25H25N3O4S. The number of fused-ring (bicyclic) bond motifs is 2. The molecule has 0 atom stereocenters. The first-order valence-electron chi connectivity index (χ1n) is 11.1. The first kappa shape index (κ1) is 21.8. The number of ether oxygens (including phenoxy) is 1. The fourth-order valence-corrected chi connectivity index (χ4v) is 5.19. The van der Waals surface area contributed by atoms with Gasteiger partial charge in [0.1, 0.15) is 17.4 Å². The molecule has 3 heterocycles. The number of carbonyl (C=O) groups excluding carboxylic acids is 1. The SMILES string of the molecule is Cc1cccc2sc(N(CCCN3CCOCC3)C(=O)c3coc4ccccc4c3=O)nc12. The van der Waals surface area contributed by atoms with Gasteiger partial charge in [0, 0.05) is 26.2 Å². The molecule has 2 aromatic carbocycles. The van der Waals surface area contributed by atoms with Gasteiger partial charge >= 0.3 is 0 Å². The second-order valence-electron chi connectivity index (χ2n) is 8.16. The van der Waals surface area contributed by atoms with E-state index in [1.807, 2.05) is 25.1 Å². The highest BCUT2D eigenvalue weighted by Crippen LogP contribution is 2.31. The molecule has 1 fully saturated rings. The van der Waals surface area contributed by atoms with Crippen molar-refractivity contribution in [3.05, 3.63) is 70.1 Å². The zero-order valence-electron chi connectivity index (χ0n) is 18.5. The molecule has 4 aromatic rings. The van der Waals surface area contributed by atoms with Crippen molar-refractivity contribution in [3.8, 4) is 0 Å². The number of nitrogens with zero attached hydrogens (tertiary/aromatic N) is 3. The molecular weight excluding hydrogens is 438 g/mol. The second kappa shape index (κ2) is 9.43. The van der Waals surface area contributed by atoms with E-state index in [1.165, 1.54) is 17.6 Å². The number of thiazole rings is 1. The molecule has 170 valence electrons. The molecule has 33 heavy (non-hydrogen) atoms. The number of aryl methyl sites for hydroxylation is 1. The molecule has 0 unspecified atom stereocenters. The fraction of sp³-hybridized carbons (Fsp3) is 0.320. The van der Waals surface area contributed by atoms with Crippen LogP contribution in [0.1, 0.15) is 22.3 Å². The summed E-state index contributed by atoms with van der Waals surface area (Å²) in [6.07, 6.45) is 2.04. The fourth-order valence-electron chi connectivity index (χ4n) is 4.12. The molecule has 0 spiro atoms. The van der Waals surface area contributed by atoms with E-state index < -0.39 is 0 Å². The lowest BCUT2D eigenvalue weighted by Crippen LogP contribution is -2.40. The Hall–Kier alpha value is -3.07. The Balaban J connectivity index is 1.48. The van der Waals surface area contributed by atoms with Gasteiger partial charge in [-0.2, -0.15) is 0 Å². The Morgan fingerprint density at radius 3 is 2.79 bits per heavy atom. The number of rotatable bonds is 6. The molecule has 5 rings (SSSR count). The molecule has 0 radical (unpaired) electrons. The number of hydrogen-bond acceptors (Lipinski definition) is 7. The van der Waals surface area contributed by atoms with E-state index in [4.69, 9.17) is 14.1 Å². The first-order valence-corrected chi connectivity index (χ1v) is 11.9. The van der Waals surface area contributed by atoms with Crippen LogP contribution in [0.5, 0.6) is 0 Å². The Bertz CT molecular complexity index is 1360. The monoisotopic (exact) mass is 463 g/mol. The van der Waals surface area contributed by atoms with Crippen molar-refractivity contribution in [1.29, 1.82) is 0 Å². The molecule has 1 aliphatic heterocycles. The van der Waals surface area contributed by atoms with E-state index in [2.05, 4.69) is 4.90 Å². The Morgan fingerprint density at radius 1 is 1.15 bits per heavy atom. The van der Waals surface area contributed by atoms with Crippen molar-refractivity contribution in [2.45, 2.75) is 13.3 Å². The third kappa shape index (κ3) is 4.42.